The van der Waals surface area contributed by atoms with Crippen LogP contribution in [0.2, 0.25) is 0 Å². The van der Waals surface area contributed by atoms with Crippen LogP contribution in [0.4, 0.5) is 5.82 Å². The molecule has 1 amide bonds. The second-order valence-electron chi connectivity index (χ2n) is 9.68. The Morgan fingerprint density at radius 1 is 1.09 bits per heavy atom. The molecule has 1 aromatic carbocycles. The third-order valence-corrected chi connectivity index (χ3v) is 6.79. The highest BCUT2D eigenvalue weighted by molar-refractivity contribution is 7.98. The van der Waals surface area contributed by atoms with Gasteiger partial charge in [-0.1, -0.05) is 44.7 Å². The maximum absolute atomic E-state index is 12.4. The third kappa shape index (κ3) is 6.39. The van der Waals surface area contributed by atoms with E-state index in [2.05, 4.69) is 49.0 Å². The van der Waals surface area contributed by atoms with E-state index < -0.39 is 0 Å². The molecule has 1 aliphatic heterocycles. The Labute approximate surface area is 206 Å². The van der Waals surface area contributed by atoms with Crippen LogP contribution < -0.4 is 10.2 Å². The predicted molar refractivity (Wildman–Crippen MR) is 136 cm³/mol. The molecule has 1 saturated heterocycles. The summed E-state index contributed by atoms with van der Waals surface area (Å²) in [5, 5.41) is 3.67. The number of carbonyl (C=O) groups excluding carboxylic acids is 1. The largest absolute Gasteiger partial charge is 0.467 e. The Kier molecular flexibility index (Phi) is 7.58. The van der Waals surface area contributed by atoms with Gasteiger partial charge >= 0.3 is 0 Å². The first-order chi connectivity index (χ1) is 16.3. The van der Waals surface area contributed by atoms with Crippen LogP contribution in [0.15, 0.2) is 58.3 Å². The van der Waals surface area contributed by atoms with Crippen molar-refractivity contribution < 1.29 is 9.21 Å². The minimum Gasteiger partial charge on any atom is -0.467 e. The molecule has 0 unspecified atom stereocenters. The first kappa shape index (κ1) is 24.3. The van der Waals surface area contributed by atoms with E-state index in [0.29, 0.717) is 12.1 Å². The van der Waals surface area contributed by atoms with Gasteiger partial charge in [-0.05, 0) is 36.9 Å². The minimum atomic E-state index is -0.117. The van der Waals surface area contributed by atoms with E-state index in [0.717, 1.165) is 59.9 Å². The summed E-state index contributed by atoms with van der Waals surface area (Å²) in [6.45, 7) is 11.0. The summed E-state index contributed by atoms with van der Waals surface area (Å²) in [6.07, 6.45) is 1.60. The summed E-state index contributed by atoms with van der Waals surface area (Å²) in [6, 6.07) is 13.5. The average Bonchev–Trinajstić information content (AvgIpc) is 3.35. The van der Waals surface area contributed by atoms with Crippen molar-refractivity contribution in [2.24, 2.45) is 0 Å². The van der Waals surface area contributed by atoms with Crippen LogP contribution in [0.5, 0.6) is 0 Å². The molecule has 2 aromatic heterocycles. The molecule has 34 heavy (non-hydrogen) atoms. The summed E-state index contributed by atoms with van der Waals surface area (Å²) in [4.78, 5) is 26.8. The summed E-state index contributed by atoms with van der Waals surface area (Å²) in [7, 11) is 2.16. The number of benzene rings is 1. The molecule has 0 aliphatic carbocycles. The van der Waals surface area contributed by atoms with Crippen LogP contribution in [0.1, 0.15) is 48.1 Å². The molecule has 0 atom stereocenters. The number of piperazine rings is 1. The van der Waals surface area contributed by atoms with Crippen LogP contribution in [0.3, 0.4) is 0 Å². The fraction of sp³-hybridized carbons (Fsp3) is 0.423. The maximum Gasteiger partial charge on any atom is 0.251 e. The van der Waals surface area contributed by atoms with Crippen LogP contribution in [-0.4, -0.2) is 54.0 Å². The van der Waals surface area contributed by atoms with Gasteiger partial charge in [-0.3, -0.25) is 4.79 Å². The molecule has 7 nitrogen and oxygen atoms in total. The van der Waals surface area contributed by atoms with Gasteiger partial charge < -0.3 is 19.5 Å². The lowest BCUT2D eigenvalue weighted by Gasteiger charge is -2.34. The Bertz CT molecular complexity index is 1090. The van der Waals surface area contributed by atoms with Crippen molar-refractivity contribution in [3.63, 3.8) is 0 Å². The molecule has 0 radical (unpaired) electrons. The highest BCUT2D eigenvalue weighted by Crippen LogP contribution is 2.29. The molecular formula is C26H33N5O2S. The van der Waals surface area contributed by atoms with Crippen molar-refractivity contribution in [2.75, 3.05) is 38.1 Å². The van der Waals surface area contributed by atoms with Crippen LogP contribution in [0.25, 0.3) is 0 Å². The number of thioether (sulfide) groups is 1. The standard InChI is InChI=1S/C26H33N5O2S/c1-26(2,3)22-16-23(31-13-11-30(4)12-14-31)29-25(28-22)34-18-19-7-9-20(10-8-19)24(32)27-17-21-6-5-15-33-21/h5-10,15-16H,11-14,17-18H2,1-4H3,(H,27,32). The maximum atomic E-state index is 12.4. The van der Waals surface area contributed by atoms with Gasteiger partial charge in [0.2, 0.25) is 0 Å². The van der Waals surface area contributed by atoms with Gasteiger partial charge in [0.05, 0.1) is 18.5 Å². The van der Waals surface area contributed by atoms with Gasteiger partial charge in [0.15, 0.2) is 5.16 Å². The number of nitrogens with zero attached hydrogens (tertiary/aromatic N) is 4. The van der Waals surface area contributed by atoms with E-state index in [1.54, 1.807) is 18.0 Å². The highest BCUT2D eigenvalue weighted by atomic mass is 32.2. The lowest BCUT2D eigenvalue weighted by molar-refractivity contribution is 0.0948. The number of furan rings is 1. The number of amides is 1. The zero-order chi connectivity index (χ0) is 24.1. The third-order valence-electron chi connectivity index (χ3n) is 5.88. The monoisotopic (exact) mass is 479 g/mol. The highest BCUT2D eigenvalue weighted by Gasteiger charge is 2.22. The number of nitrogens with one attached hydrogen (secondary N) is 1. The van der Waals surface area contributed by atoms with Crippen molar-refractivity contribution in [1.29, 1.82) is 0 Å². The topological polar surface area (TPSA) is 74.5 Å². The number of aromatic nitrogens is 2. The van der Waals surface area contributed by atoms with Gasteiger partial charge in [0, 0.05) is 49.0 Å². The Balaban J connectivity index is 1.41. The van der Waals surface area contributed by atoms with Gasteiger partial charge in [0.25, 0.3) is 5.91 Å². The summed E-state index contributed by atoms with van der Waals surface area (Å²) >= 11 is 1.63. The molecule has 3 aromatic rings. The van der Waals surface area contributed by atoms with Crippen molar-refractivity contribution in [2.45, 2.75) is 43.6 Å². The van der Waals surface area contributed by atoms with Gasteiger partial charge in [-0.15, -0.1) is 0 Å². The molecule has 0 saturated carbocycles. The zero-order valence-corrected chi connectivity index (χ0v) is 21.2. The van der Waals surface area contributed by atoms with Crippen molar-refractivity contribution >= 4 is 23.5 Å². The lowest BCUT2D eigenvalue weighted by atomic mass is 9.92. The fourth-order valence-corrected chi connectivity index (χ4v) is 4.45. The second kappa shape index (κ2) is 10.6. The first-order valence-corrected chi connectivity index (χ1v) is 12.6. The molecule has 0 bridgehead atoms. The van der Waals surface area contributed by atoms with Crippen LogP contribution in [-0.2, 0) is 17.7 Å². The van der Waals surface area contributed by atoms with Gasteiger partial charge in [-0.25, -0.2) is 9.97 Å². The molecule has 1 fully saturated rings. The normalized spacial score (nSPS) is 14.9. The van der Waals surface area contributed by atoms with E-state index in [1.807, 2.05) is 36.4 Å². The van der Waals surface area contributed by atoms with Gasteiger partial charge in [-0.2, -0.15) is 0 Å². The van der Waals surface area contributed by atoms with Gasteiger partial charge in [0.1, 0.15) is 11.6 Å². The number of anilines is 1. The van der Waals surface area contributed by atoms with E-state index in [4.69, 9.17) is 14.4 Å². The number of likely N-dealkylation sites (N-methyl/N-ethyl adjacent to an activating group) is 1. The SMILES string of the molecule is CN1CCN(c2cc(C(C)(C)C)nc(SCc3ccc(C(=O)NCc4ccco4)cc3)n2)CC1. The molecular weight excluding hydrogens is 446 g/mol. The molecule has 0 spiro atoms. The van der Waals surface area contributed by atoms with Crippen molar-refractivity contribution in [3.8, 4) is 0 Å². The van der Waals surface area contributed by atoms with Crippen LogP contribution >= 0.6 is 11.8 Å². The molecule has 4 rings (SSSR count). The molecule has 1 aliphatic rings. The number of rotatable bonds is 7. The Hall–Kier alpha value is -2.84. The number of hydrogen-bond acceptors (Lipinski definition) is 7. The van der Waals surface area contributed by atoms with E-state index >= 15 is 0 Å². The lowest BCUT2D eigenvalue weighted by Crippen LogP contribution is -2.45. The van der Waals surface area contributed by atoms with E-state index in [9.17, 15) is 4.79 Å². The predicted octanol–water partition coefficient (Wildman–Crippen LogP) is 4.34. The van der Waals surface area contributed by atoms with Crippen molar-refractivity contribution in [1.82, 2.24) is 20.2 Å². The summed E-state index contributed by atoms with van der Waals surface area (Å²) in [5.41, 5.74) is 2.76. The summed E-state index contributed by atoms with van der Waals surface area (Å²) < 4.78 is 5.26. The summed E-state index contributed by atoms with van der Waals surface area (Å²) in [5.74, 6) is 2.37. The number of hydrogen-bond donors (Lipinski definition) is 1. The Morgan fingerprint density at radius 3 is 2.47 bits per heavy atom. The second-order valence-corrected chi connectivity index (χ2v) is 10.6. The molecule has 1 N–H and O–H groups in total. The van der Waals surface area contributed by atoms with Crippen molar-refractivity contribution in [3.05, 3.63) is 71.3 Å². The number of carbonyl (C=O) groups is 1. The Morgan fingerprint density at radius 2 is 1.82 bits per heavy atom. The average molecular weight is 480 g/mol. The molecule has 3 heterocycles. The minimum absolute atomic E-state index is 0.0514. The van der Waals surface area contributed by atoms with E-state index in [-0.39, 0.29) is 11.3 Å². The fourth-order valence-electron chi connectivity index (χ4n) is 3.64. The molecule has 8 heteroatoms. The van der Waals surface area contributed by atoms with E-state index in [1.165, 1.54) is 0 Å². The first-order valence-electron chi connectivity index (χ1n) is 11.6. The smallest absolute Gasteiger partial charge is 0.251 e. The van der Waals surface area contributed by atoms with Crippen LogP contribution in [0, 0.1) is 0 Å². The zero-order valence-electron chi connectivity index (χ0n) is 20.4. The molecule has 180 valence electrons. The quantitative estimate of drug-likeness (QED) is 0.399.